The molecule has 0 atom stereocenters. The van der Waals surface area contributed by atoms with E-state index in [2.05, 4.69) is 28.8 Å². The molecule has 4 nitrogen and oxygen atoms in total. The monoisotopic (exact) mass is 198 g/mol. The molecule has 0 aliphatic heterocycles. The van der Waals surface area contributed by atoms with Crippen LogP contribution >= 0.6 is 11.8 Å². The van der Waals surface area contributed by atoms with Crippen LogP contribution in [0.25, 0.3) is 0 Å². The lowest BCUT2D eigenvalue weighted by atomic mass is 10.1. The van der Waals surface area contributed by atoms with Gasteiger partial charge in [-0.05, 0) is 12.2 Å². The molecule has 0 fully saturated rings. The Hall–Kier alpha value is -0.840. The standard InChI is InChI=1S/C8H14N4S/c1-5(2)4-6-10-7(9)12-8(11-6)13-3/h5H,4H2,1-3H3,(H2,9,10,11,12). The fourth-order valence-corrected chi connectivity index (χ4v) is 1.34. The molecule has 72 valence electrons. The van der Waals surface area contributed by atoms with Gasteiger partial charge < -0.3 is 5.73 Å². The van der Waals surface area contributed by atoms with Crippen molar-refractivity contribution in [1.29, 1.82) is 0 Å². The second-order valence-corrected chi connectivity index (χ2v) is 3.97. The van der Waals surface area contributed by atoms with Gasteiger partial charge >= 0.3 is 0 Å². The summed E-state index contributed by atoms with van der Waals surface area (Å²) < 4.78 is 0. The van der Waals surface area contributed by atoms with Gasteiger partial charge in [0.25, 0.3) is 0 Å². The topological polar surface area (TPSA) is 64.7 Å². The molecule has 0 unspecified atom stereocenters. The van der Waals surface area contributed by atoms with Gasteiger partial charge in [-0.3, -0.25) is 0 Å². The van der Waals surface area contributed by atoms with Gasteiger partial charge in [0.2, 0.25) is 5.95 Å². The predicted molar refractivity (Wildman–Crippen MR) is 54.6 cm³/mol. The van der Waals surface area contributed by atoms with Crippen LogP contribution < -0.4 is 5.73 Å². The van der Waals surface area contributed by atoms with E-state index >= 15 is 0 Å². The number of hydrogen-bond donors (Lipinski definition) is 1. The number of thioether (sulfide) groups is 1. The van der Waals surface area contributed by atoms with Gasteiger partial charge in [0.15, 0.2) is 5.16 Å². The van der Waals surface area contributed by atoms with Crippen LogP contribution in [0.1, 0.15) is 19.7 Å². The number of nitrogen functional groups attached to an aromatic ring is 1. The summed E-state index contributed by atoms with van der Waals surface area (Å²) in [5.74, 6) is 1.64. The Balaban J connectivity index is 2.88. The zero-order valence-corrected chi connectivity index (χ0v) is 8.93. The zero-order chi connectivity index (χ0) is 9.84. The lowest BCUT2D eigenvalue weighted by molar-refractivity contribution is 0.610. The number of anilines is 1. The third kappa shape index (κ3) is 3.18. The molecule has 1 aromatic rings. The van der Waals surface area contributed by atoms with E-state index in [4.69, 9.17) is 5.73 Å². The lowest BCUT2D eigenvalue weighted by Crippen LogP contribution is -2.06. The first-order chi connectivity index (χ1) is 6.11. The lowest BCUT2D eigenvalue weighted by Gasteiger charge is -2.04. The van der Waals surface area contributed by atoms with Gasteiger partial charge in [-0.2, -0.15) is 9.97 Å². The van der Waals surface area contributed by atoms with Gasteiger partial charge in [0.1, 0.15) is 5.82 Å². The number of aromatic nitrogens is 3. The normalized spacial score (nSPS) is 10.8. The maximum absolute atomic E-state index is 5.54. The van der Waals surface area contributed by atoms with Crippen LogP contribution in [0.15, 0.2) is 5.16 Å². The summed E-state index contributed by atoms with van der Waals surface area (Å²) in [6.07, 6.45) is 2.77. The van der Waals surface area contributed by atoms with Gasteiger partial charge in [0, 0.05) is 6.42 Å². The maximum Gasteiger partial charge on any atom is 0.224 e. The number of nitrogens with zero attached hydrogens (tertiary/aromatic N) is 3. The SMILES string of the molecule is CSc1nc(N)nc(CC(C)C)n1. The Labute approximate surface area is 82.4 Å². The first-order valence-electron chi connectivity index (χ1n) is 4.16. The molecule has 0 amide bonds. The van der Waals surface area contributed by atoms with E-state index in [0.29, 0.717) is 17.0 Å². The van der Waals surface area contributed by atoms with Gasteiger partial charge in [-0.25, -0.2) is 4.98 Å². The van der Waals surface area contributed by atoms with Crippen molar-refractivity contribution in [3.05, 3.63) is 5.82 Å². The highest BCUT2D eigenvalue weighted by molar-refractivity contribution is 7.98. The Bertz CT molecular complexity index is 287. The quantitative estimate of drug-likeness (QED) is 0.743. The Morgan fingerprint density at radius 3 is 2.54 bits per heavy atom. The van der Waals surface area contributed by atoms with Crippen LogP contribution in [-0.2, 0) is 6.42 Å². The molecule has 2 N–H and O–H groups in total. The van der Waals surface area contributed by atoms with E-state index in [1.54, 1.807) is 0 Å². The molecule has 0 saturated carbocycles. The van der Waals surface area contributed by atoms with Crippen molar-refractivity contribution in [3.8, 4) is 0 Å². The van der Waals surface area contributed by atoms with Crippen molar-refractivity contribution in [1.82, 2.24) is 15.0 Å². The molecule has 1 rings (SSSR count). The minimum atomic E-state index is 0.315. The van der Waals surface area contributed by atoms with E-state index in [1.165, 1.54) is 11.8 Å². The van der Waals surface area contributed by atoms with Crippen LogP contribution in [0, 0.1) is 5.92 Å². The van der Waals surface area contributed by atoms with E-state index < -0.39 is 0 Å². The molecule has 0 spiro atoms. The smallest absolute Gasteiger partial charge is 0.224 e. The summed E-state index contributed by atoms with van der Waals surface area (Å²) in [6.45, 7) is 4.25. The Morgan fingerprint density at radius 1 is 1.31 bits per heavy atom. The number of nitrogens with two attached hydrogens (primary N) is 1. The summed E-state index contributed by atoms with van der Waals surface area (Å²) in [6, 6.07) is 0. The van der Waals surface area contributed by atoms with Crippen molar-refractivity contribution in [2.45, 2.75) is 25.4 Å². The molecule has 1 aromatic heterocycles. The molecule has 0 bridgehead atoms. The summed E-state index contributed by atoms with van der Waals surface area (Å²) in [4.78, 5) is 12.3. The molecular formula is C8H14N4S. The first kappa shape index (κ1) is 10.2. The average molecular weight is 198 g/mol. The summed E-state index contributed by atoms with van der Waals surface area (Å²) in [5.41, 5.74) is 5.54. The molecule has 0 radical (unpaired) electrons. The Kier molecular flexibility index (Phi) is 3.48. The third-order valence-corrected chi connectivity index (χ3v) is 2.00. The number of rotatable bonds is 3. The molecule has 0 aromatic carbocycles. The number of hydrogen-bond acceptors (Lipinski definition) is 5. The molecule has 0 aliphatic carbocycles. The van der Waals surface area contributed by atoms with Gasteiger partial charge in [-0.15, -0.1) is 0 Å². The fourth-order valence-electron chi connectivity index (χ4n) is 0.963. The van der Waals surface area contributed by atoms with Crippen molar-refractivity contribution in [3.63, 3.8) is 0 Å². The van der Waals surface area contributed by atoms with E-state index in [0.717, 1.165) is 12.2 Å². The van der Waals surface area contributed by atoms with Gasteiger partial charge in [-0.1, -0.05) is 25.6 Å². The molecule has 1 heterocycles. The van der Waals surface area contributed by atoms with Crippen LogP contribution in [0.3, 0.4) is 0 Å². The molecule has 13 heavy (non-hydrogen) atoms. The predicted octanol–water partition coefficient (Wildman–Crippen LogP) is 1.37. The largest absolute Gasteiger partial charge is 0.368 e. The van der Waals surface area contributed by atoms with Gasteiger partial charge in [0.05, 0.1) is 0 Å². The summed E-state index contributed by atoms with van der Waals surface area (Å²) >= 11 is 1.48. The molecule has 0 aliphatic rings. The van der Waals surface area contributed by atoms with E-state index in [1.807, 2.05) is 6.26 Å². The zero-order valence-electron chi connectivity index (χ0n) is 8.11. The minimum absolute atomic E-state index is 0.315. The highest BCUT2D eigenvalue weighted by Gasteiger charge is 2.05. The Morgan fingerprint density at radius 2 is 2.00 bits per heavy atom. The first-order valence-corrected chi connectivity index (χ1v) is 5.38. The molecule has 0 saturated heterocycles. The minimum Gasteiger partial charge on any atom is -0.368 e. The highest BCUT2D eigenvalue weighted by atomic mass is 32.2. The van der Waals surface area contributed by atoms with Crippen molar-refractivity contribution >= 4 is 17.7 Å². The van der Waals surface area contributed by atoms with Crippen LogP contribution in [0.2, 0.25) is 0 Å². The second-order valence-electron chi connectivity index (χ2n) is 3.19. The summed E-state index contributed by atoms with van der Waals surface area (Å²) in [7, 11) is 0. The average Bonchev–Trinajstić information content (AvgIpc) is 2.01. The third-order valence-electron chi connectivity index (χ3n) is 1.45. The van der Waals surface area contributed by atoms with Crippen molar-refractivity contribution in [2.75, 3.05) is 12.0 Å². The van der Waals surface area contributed by atoms with Crippen LogP contribution in [0.5, 0.6) is 0 Å². The summed E-state index contributed by atoms with van der Waals surface area (Å²) in [5, 5.41) is 0.697. The molecule has 5 heteroatoms. The van der Waals surface area contributed by atoms with Crippen LogP contribution in [-0.4, -0.2) is 21.2 Å². The maximum atomic E-state index is 5.54. The van der Waals surface area contributed by atoms with Crippen molar-refractivity contribution in [2.24, 2.45) is 5.92 Å². The fraction of sp³-hybridized carbons (Fsp3) is 0.625. The highest BCUT2D eigenvalue weighted by Crippen LogP contribution is 2.11. The molecular weight excluding hydrogens is 184 g/mol. The second kappa shape index (κ2) is 4.41. The van der Waals surface area contributed by atoms with E-state index in [-0.39, 0.29) is 0 Å². The van der Waals surface area contributed by atoms with Crippen molar-refractivity contribution < 1.29 is 0 Å². The van der Waals surface area contributed by atoms with Crippen LogP contribution in [0.4, 0.5) is 5.95 Å². The van der Waals surface area contributed by atoms with E-state index in [9.17, 15) is 0 Å².